The molecule has 0 saturated heterocycles. The summed E-state index contributed by atoms with van der Waals surface area (Å²) >= 11 is 12.2. The van der Waals surface area contributed by atoms with E-state index in [0.29, 0.717) is 15.6 Å². The summed E-state index contributed by atoms with van der Waals surface area (Å²) in [7, 11) is 0. The van der Waals surface area contributed by atoms with Gasteiger partial charge in [-0.05, 0) is 49.2 Å². The standard InChI is InChI=1S/C16H12Cl2N2O/c1-9-6-13-14(7-10(9)2)20(8-19-13)16(21)15-11(17)4-3-5-12(15)18/h3-8H,1-2H3. The maximum Gasteiger partial charge on any atom is 0.266 e. The number of imidazole rings is 1. The van der Waals surface area contributed by atoms with E-state index in [2.05, 4.69) is 4.98 Å². The fourth-order valence-corrected chi connectivity index (χ4v) is 2.81. The summed E-state index contributed by atoms with van der Waals surface area (Å²) in [6.07, 6.45) is 1.51. The first kappa shape index (κ1) is 14.1. The zero-order valence-electron chi connectivity index (χ0n) is 11.5. The Kier molecular flexibility index (Phi) is 3.47. The van der Waals surface area contributed by atoms with E-state index in [1.54, 1.807) is 18.2 Å². The van der Waals surface area contributed by atoms with Crippen LogP contribution in [0.25, 0.3) is 11.0 Å². The molecule has 0 aliphatic rings. The molecule has 0 saturated carbocycles. The number of nitrogens with zero attached hydrogens (tertiary/aromatic N) is 2. The minimum absolute atomic E-state index is 0.281. The summed E-state index contributed by atoms with van der Waals surface area (Å²) in [5, 5.41) is 0.663. The molecular formula is C16H12Cl2N2O. The quantitative estimate of drug-likeness (QED) is 0.654. The highest BCUT2D eigenvalue weighted by atomic mass is 35.5. The SMILES string of the molecule is Cc1cc2ncn(C(=O)c3c(Cl)cccc3Cl)c2cc1C. The summed E-state index contributed by atoms with van der Waals surface area (Å²) < 4.78 is 1.48. The van der Waals surface area contributed by atoms with Crippen molar-refractivity contribution in [2.24, 2.45) is 0 Å². The van der Waals surface area contributed by atoms with Gasteiger partial charge in [-0.3, -0.25) is 9.36 Å². The van der Waals surface area contributed by atoms with Gasteiger partial charge in [-0.15, -0.1) is 0 Å². The lowest BCUT2D eigenvalue weighted by molar-refractivity contribution is 0.0964. The maximum absolute atomic E-state index is 12.7. The van der Waals surface area contributed by atoms with Gasteiger partial charge in [-0.25, -0.2) is 4.98 Å². The Morgan fingerprint density at radius 2 is 1.71 bits per heavy atom. The van der Waals surface area contributed by atoms with Gasteiger partial charge >= 0.3 is 0 Å². The van der Waals surface area contributed by atoms with Crippen LogP contribution < -0.4 is 0 Å². The number of rotatable bonds is 1. The van der Waals surface area contributed by atoms with Crippen molar-refractivity contribution in [3.05, 3.63) is 63.4 Å². The van der Waals surface area contributed by atoms with Crippen LogP contribution in [0.3, 0.4) is 0 Å². The molecule has 3 aromatic rings. The van der Waals surface area contributed by atoms with Gasteiger partial charge < -0.3 is 0 Å². The molecule has 1 heterocycles. The molecule has 3 rings (SSSR count). The van der Waals surface area contributed by atoms with Crippen LogP contribution in [-0.4, -0.2) is 15.5 Å². The van der Waals surface area contributed by atoms with Crippen molar-refractivity contribution in [3.8, 4) is 0 Å². The van der Waals surface area contributed by atoms with E-state index in [1.165, 1.54) is 10.9 Å². The summed E-state index contributed by atoms with van der Waals surface area (Å²) in [4.78, 5) is 17.0. The van der Waals surface area contributed by atoms with Gasteiger partial charge in [0.15, 0.2) is 0 Å². The van der Waals surface area contributed by atoms with Gasteiger partial charge in [0.05, 0.1) is 26.6 Å². The second-order valence-electron chi connectivity index (χ2n) is 4.94. The number of hydrogen-bond donors (Lipinski definition) is 0. The van der Waals surface area contributed by atoms with E-state index < -0.39 is 0 Å². The highest BCUT2D eigenvalue weighted by Gasteiger charge is 2.18. The van der Waals surface area contributed by atoms with Crippen LogP contribution in [0.2, 0.25) is 10.0 Å². The van der Waals surface area contributed by atoms with E-state index in [0.717, 1.165) is 22.2 Å². The predicted octanol–water partition coefficient (Wildman–Crippen LogP) is 4.65. The molecule has 0 bridgehead atoms. The Hall–Kier alpha value is -1.84. The molecule has 0 atom stereocenters. The molecular weight excluding hydrogens is 307 g/mol. The van der Waals surface area contributed by atoms with Crippen LogP contribution >= 0.6 is 23.2 Å². The van der Waals surface area contributed by atoms with Crippen LogP contribution in [0.4, 0.5) is 0 Å². The summed E-state index contributed by atoms with van der Waals surface area (Å²) in [6, 6.07) is 8.91. The molecule has 0 radical (unpaired) electrons. The number of carbonyl (C=O) groups is 1. The summed E-state index contributed by atoms with van der Waals surface area (Å²) in [5.41, 5.74) is 4.05. The lowest BCUT2D eigenvalue weighted by Crippen LogP contribution is -2.12. The van der Waals surface area contributed by atoms with E-state index in [-0.39, 0.29) is 5.91 Å². The predicted molar refractivity (Wildman–Crippen MR) is 85.4 cm³/mol. The lowest BCUT2D eigenvalue weighted by atomic mass is 10.1. The molecule has 0 unspecified atom stereocenters. The van der Waals surface area contributed by atoms with E-state index in [4.69, 9.17) is 23.2 Å². The van der Waals surface area contributed by atoms with E-state index >= 15 is 0 Å². The average Bonchev–Trinajstić information content (AvgIpc) is 2.81. The van der Waals surface area contributed by atoms with Crippen LogP contribution in [0, 0.1) is 13.8 Å². The van der Waals surface area contributed by atoms with Gasteiger partial charge in [0, 0.05) is 0 Å². The van der Waals surface area contributed by atoms with E-state index in [9.17, 15) is 4.79 Å². The summed E-state index contributed by atoms with van der Waals surface area (Å²) in [6.45, 7) is 4.01. The van der Waals surface area contributed by atoms with Crippen LogP contribution in [0.1, 0.15) is 21.5 Å². The Morgan fingerprint density at radius 1 is 1.10 bits per heavy atom. The molecule has 0 spiro atoms. The molecule has 3 nitrogen and oxygen atoms in total. The topological polar surface area (TPSA) is 34.9 Å². The van der Waals surface area contributed by atoms with Crippen LogP contribution in [0.5, 0.6) is 0 Å². The molecule has 2 aromatic carbocycles. The Bertz CT molecular complexity index is 848. The van der Waals surface area contributed by atoms with Gasteiger partial charge in [0.1, 0.15) is 6.33 Å². The first-order chi connectivity index (χ1) is 9.99. The zero-order valence-corrected chi connectivity index (χ0v) is 13.0. The van der Waals surface area contributed by atoms with Crippen molar-refractivity contribution >= 4 is 40.1 Å². The molecule has 5 heteroatoms. The number of aryl methyl sites for hydroxylation is 2. The Labute approximate surface area is 132 Å². The van der Waals surface area contributed by atoms with E-state index in [1.807, 2.05) is 26.0 Å². The first-order valence-corrected chi connectivity index (χ1v) is 7.17. The fourth-order valence-electron chi connectivity index (χ4n) is 2.25. The monoisotopic (exact) mass is 318 g/mol. The number of carbonyl (C=O) groups excluding carboxylic acids is 1. The van der Waals surface area contributed by atoms with Crippen molar-refractivity contribution in [1.82, 2.24) is 9.55 Å². The smallest absolute Gasteiger partial charge is 0.266 e. The maximum atomic E-state index is 12.7. The average molecular weight is 319 g/mol. The second kappa shape index (κ2) is 5.17. The Morgan fingerprint density at radius 3 is 2.38 bits per heavy atom. The molecule has 0 fully saturated rings. The number of halogens is 2. The third-order valence-electron chi connectivity index (χ3n) is 3.56. The second-order valence-corrected chi connectivity index (χ2v) is 5.76. The van der Waals surface area contributed by atoms with Crippen LogP contribution in [0.15, 0.2) is 36.7 Å². The highest BCUT2D eigenvalue weighted by Crippen LogP contribution is 2.27. The minimum Gasteiger partial charge on any atom is -0.268 e. The minimum atomic E-state index is -0.281. The van der Waals surface area contributed by atoms with Gasteiger partial charge in [-0.1, -0.05) is 29.3 Å². The van der Waals surface area contributed by atoms with Crippen molar-refractivity contribution in [2.45, 2.75) is 13.8 Å². The molecule has 1 aromatic heterocycles. The van der Waals surface area contributed by atoms with Crippen molar-refractivity contribution in [2.75, 3.05) is 0 Å². The molecule has 0 amide bonds. The van der Waals surface area contributed by atoms with Gasteiger partial charge in [0.2, 0.25) is 0 Å². The molecule has 0 N–H and O–H groups in total. The highest BCUT2D eigenvalue weighted by molar-refractivity contribution is 6.39. The molecule has 106 valence electrons. The number of benzene rings is 2. The molecule has 0 aliphatic carbocycles. The number of aromatic nitrogens is 2. The Balaban J connectivity index is 2.21. The van der Waals surface area contributed by atoms with Crippen molar-refractivity contribution < 1.29 is 4.79 Å². The van der Waals surface area contributed by atoms with Crippen molar-refractivity contribution in [3.63, 3.8) is 0 Å². The third-order valence-corrected chi connectivity index (χ3v) is 4.19. The van der Waals surface area contributed by atoms with Crippen LogP contribution in [-0.2, 0) is 0 Å². The molecule has 21 heavy (non-hydrogen) atoms. The van der Waals surface area contributed by atoms with Crippen molar-refractivity contribution in [1.29, 1.82) is 0 Å². The van der Waals surface area contributed by atoms with Gasteiger partial charge in [-0.2, -0.15) is 0 Å². The third kappa shape index (κ3) is 2.33. The van der Waals surface area contributed by atoms with Gasteiger partial charge in [0.25, 0.3) is 5.91 Å². The largest absolute Gasteiger partial charge is 0.268 e. The normalized spacial score (nSPS) is 11.0. The fraction of sp³-hybridized carbons (Fsp3) is 0.125. The summed E-state index contributed by atoms with van der Waals surface area (Å²) in [5.74, 6) is -0.281. The zero-order chi connectivity index (χ0) is 15.1. The first-order valence-electron chi connectivity index (χ1n) is 6.42. The lowest BCUT2D eigenvalue weighted by Gasteiger charge is -2.08. The number of hydrogen-bond acceptors (Lipinski definition) is 2. The molecule has 0 aliphatic heterocycles. The number of fused-ring (bicyclic) bond motifs is 1.